The number of anilines is 4. The molecule has 0 spiro atoms. The average molecular weight is 489 g/mol. The number of pyridine rings is 2. The molecule has 0 aliphatic heterocycles. The lowest BCUT2D eigenvalue weighted by atomic mass is 10.1. The molecule has 2 amide bonds. The highest BCUT2D eigenvalue weighted by atomic mass is 32.2. The van der Waals surface area contributed by atoms with Crippen molar-refractivity contribution in [2.24, 2.45) is 0 Å². The Kier molecular flexibility index (Phi) is 7.26. The Morgan fingerprint density at radius 1 is 1.03 bits per heavy atom. The lowest BCUT2D eigenvalue weighted by molar-refractivity contribution is 0.0963. The lowest BCUT2D eigenvalue weighted by Crippen LogP contribution is -2.22. The van der Waals surface area contributed by atoms with E-state index in [0.717, 1.165) is 12.3 Å². The number of hydrogen-bond acceptors (Lipinski definition) is 8. The van der Waals surface area contributed by atoms with E-state index in [0.29, 0.717) is 5.82 Å². The molecule has 34 heavy (non-hydrogen) atoms. The third kappa shape index (κ3) is 5.95. The number of rotatable bonds is 8. The SMILES string of the molecule is CNC(=O)c1cnc(Nc2ccc(NS(C)(=O)=O)cn2)cc1NC(=O)c1c(F)cccc1OC. The number of halogens is 1. The van der Waals surface area contributed by atoms with Crippen LogP contribution in [0.4, 0.5) is 27.4 Å². The number of amides is 2. The van der Waals surface area contributed by atoms with Crippen molar-refractivity contribution in [2.45, 2.75) is 0 Å². The molecular weight excluding hydrogens is 467 g/mol. The van der Waals surface area contributed by atoms with Gasteiger partial charge in [0.15, 0.2) is 0 Å². The number of ether oxygens (including phenoxy) is 1. The number of nitrogens with zero attached hydrogens (tertiary/aromatic N) is 2. The molecule has 0 unspecified atom stereocenters. The van der Waals surface area contributed by atoms with Crippen LogP contribution in [0.3, 0.4) is 0 Å². The Hall–Kier alpha value is -4.26. The first-order valence-electron chi connectivity index (χ1n) is 9.68. The molecule has 2 heterocycles. The molecule has 0 atom stereocenters. The quantitative estimate of drug-likeness (QED) is 0.377. The number of hydrogen-bond donors (Lipinski definition) is 4. The van der Waals surface area contributed by atoms with E-state index < -0.39 is 27.7 Å². The maximum absolute atomic E-state index is 14.3. The Balaban J connectivity index is 1.90. The van der Waals surface area contributed by atoms with Crippen LogP contribution in [0.5, 0.6) is 5.75 Å². The summed E-state index contributed by atoms with van der Waals surface area (Å²) in [5, 5.41) is 7.85. The van der Waals surface area contributed by atoms with Gasteiger partial charge in [-0.3, -0.25) is 14.3 Å². The largest absolute Gasteiger partial charge is 0.496 e. The second-order valence-electron chi connectivity index (χ2n) is 6.90. The highest BCUT2D eigenvalue weighted by molar-refractivity contribution is 7.92. The van der Waals surface area contributed by atoms with Gasteiger partial charge in [0.05, 0.1) is 36.5 Å². The molecule has 13 heteroatoms. The van der Waals surface area contributed by atoms with Crippen LogP contribution < -0.4 is 25.4 Å². The number of methoxy groups -OCH3 is 1. The zero-order chi connectivity index (χ0) is 24.9. The van der Waals surface area contributed by atoms with Crippen molar-refractivity contribution < 1.29 is 27.1 Å². The topological polar surface area (TPSA) is 151 Å². The summed E-state index contributed by atoms with van der Waals surface area (Å²) >= 11 is 0. The van der Waals surface area contributed by atoms with E-state index in [2.05, 4.69) is 30.6 Å². The number of aromatic nitrogens is 2. The summed E-state index contributed by atoms with van der Waals surface area (Å²) in [6.07, 6.45) is 3.55. The van der Waals surface area contributed by atoms with Gasteiger partial charge in [-0.15, -0.1) is 0 Å². The van der Waals surface area contributed by atoms with E-state index in [9.17, 15) is 22.4 Å². The van der Waals surface area contributed by atoms with Gasteiger partial charge in [0.1, 0.15) is 28.8 Å². The Morgan fingerprint density at radius 2 is 1.76 bits per heavy atom. The fourth-order valence-electron chi connectivity index (χ4n) is 2.90. The highest BCUT2D eigenvalue weighted by Gasteiger charge is 2.21. The number of carbonyl (C=O) groups excluding carboxylic acids is 2. The van der Waals surface area contributed by atoms with E-state index in [1.165, 1.54) is 56.9 Å². The number of nitrogens with one attached hydrogen (secondary N) is 4. The smallest absolute Gasteiger partial charge is 0.262 e. The van der Waals surface area contributed by atoms with Gasteiger partial charge in [0.25, 0.3) is 11.8 Å². The van der Waals surface area contributed by atoms with Crippen molar-refractivity contribution in [1.29, 1.82) is 0 Å². The minimum atomic E-state index is -3.45. The minimum absolute atomic E-state index is 0.0263. The number of sulfonamides is 1. The molecule has 0 saturated heterocycles. The summed E-state index contributed by atoms with van der Waals surface area (Å²) in [7, 11) is -0.731. The summed E-state index contributed by atoms with van der Waals surface area (Å²) in [6, 6.07) is 8.32. The molecule has 0 aliphatic rings. The third-order valence-electron chi connectivity index (χ3n) is 4.37. The van der Waals surface area contributed by atoms with E-state index in [-0.39, 0.29) is 34.1 Å². The van der Waals surface area contributed by atoms with Gasteiger partial charge in [-0.1, -0.05) is 6.07 Å². The molecule has 0 bridgehead atoms. The first-order chi connectivity index (χ1) is 16.1. The monoisotopic (exact) mass is 488 g/mol. The fraction of sp³-hybridized carbons (Fsp3) is 0.143. The maximum atomic E-state index is 14.3. The van der Waals surface area contributed by atoms with Gasteiger partial charge in [-0.2, -0.15) is 0 Å². The number of benzene rings is 1. The highest BCUT2D eigenvalue weighted by Crippen LogP contribution is 2.26. The second kappa shape index (κ2) is 10.1. The summed E-state index contributed by atoms with van der Waals surface area (Å²) in [5.74, 6) is -1.60. The van der Waals surface area contributed by atoms with Crippen molar-refractivity contribution in [2.75, 3.05) is 35.8 Å². The molecule has 2 aromatic heterocycles. The van der Waals surface area contributed by atoms with Crippen LogP contribution in [0.2, 0.25) is 0 Å². The summed E-state index contributed by atoms with van der Waals surface area (Å²) < 4.78 is 44.3. The average Bonchev–Trinajstić information content (AvgIpc) is 2.78. The lowest BCUT2D eigenvalue weighted by Gasteiger charge is -2.14. The third-order valence-corrected chi connectivity index (χ3v) is 4.98. The van der Waals surface area contributed by atoms with Crippen LogP contribution in [0.25, 0.3) is 0 Å². The first-order valence-corrected chi connectivity index (χ1v) is 11.6. The van der Waals surface area contributed by atoms with Crippen LogP contribution in [0.15, 0.2) is 48.8 Å². The zero-order valence-electron chi connectivity index (χ0n) is 18.3. The predicted octanol–water partition coefficient (Wildman–Crippen LogP) is 2.35. The zero-order valence-corrected chi connectivity index (χ0v) is 19.2. The molecule has 178 valence electrons. The van der Waals surface area contributed by atoms with Crippen molar-refractivity contribution in [1.82, 2.24) is 15.3 Å². The standard InChI is InChI=1S/C21H21FN6O5S/c1-23-20(29)13-11-25-18(27-17-8-7-12(10-24-17)28-34(3,31)32)9-15(13)26-21(30)19-14(22)5-4-6-16(19)33-2/h4-11,28H,1-3H3,(H,23,29)(H2,24,25,26,27,30). The Labute approximate surface area is 194 Å². The first kappa shape index (κ1) is 24.4. The fourth-order valence-corrected chi connectivity index (χ4v) is 3.44. The van der Waals surface area contributed by atoms with Crippen LogP contribution in [0, 0.1) is 5.82 Å². The van der Waals surface area contributed by atoms with Crippen LogP contribution >= 0.6 is 0 Å². The molecule has 4 N–H and O–H groups in total. The van der Waals surface area contributed by atoms with Crippen LogP contribution in [0.1, 0.15) is 20.7 Å². The van der Waals surface area contributed by atoms with E-state index >= 15 is 0 Å². The van der Waals surface area contributed by atoms with Crippen LogP contribution in [-0.4, -0.2) is 50.6 Å². The second-order valence-corrected chi connectivity index (χ2v) is 8.65. The van der Waals surface area contributed by atoms with E-state index in [1.54, 1.807) is 0 Å². The normalized spacial score (nSPS) is 10.8. The summed E-state index contributed by atoms with van der Waals surface area (Å²) in [6.45, 7) is 0. The summed E-state index contributed by atoms with van der Waals surface area (Å²) in [4.78, 5) is 33.3. The molecule has 0 fully saturated rings. The van der Waals surface area contributed by atoms with Gasteiger partial charge in [-0.25, -0.2) is 22.8 Å². The van der Waals surface area contributed by atoms with Crippen LogP contribution in [-0.2, 0) is 10.0 Å². The Morgan fingerprint density at radius 3 is 2.38 bits per heavy atom. The minimum Gasteiger partial charge on any atom is -0.496 e. The van der Waals surface area contributed by atoms with E-state index in [4.69, 9.17) is 4.74 Å². The van der Waals surface area contributed by atoms with Crippen molar-refractivity contribution in [3.8, 4) is 5.75 Å². The van der Waals surface area contributed by atoms with Gasteiger partial charge < -0.3 is 20.7 Å². The molecule has 0 aliphatic carbocycles. The Bertz CT molecular complexity index is 1330. The molecule has 0 saturated carbocycles. The molecule has 1 aromatic carbocycles. The molecule has 3 rings (SSSR count). The predicted molar refractivity (Wildman–Crippen MR) is 125 cm³/mol. The van der Waals surface area contributed by atoms with Gasteiger partial charge in [0.2, 0.25) is 10.0 Å². The van der Waals surface area contributed by atoms with Gasteiger partial charge >= 0.3 is 0 Å². The molecule has 11 nitrogen and oxygen atoms in total. The summed E-state index contributed by atoms with van der Waals surface area (Å²) in [5.41, 5.74) is 0.0393. The van der Waals surface area contributed by atoms with E-state index in [1.807, 2.05) is 0 Å². The maximum Gasteiger partial charge on any atom is 0.262 e. The van der Waals surface area contributed by atoms with Crippen molar-refractivity contribution in [3.05, 3.63) is 65.7 Å². The van der Waals surface area contributed by atoms with Gasteiger partial charge in [-0.05, 0) is 24.3 Å². The molecule has 3 aromatic rings. The number of carbonyl (C=O) groups is 2. The molecule has 0 radical (unpaired) electrons. The van der Waals surface area contributed by atoms with Gasteiger partial charge in [0, 0.05) is 19.3 Å². The molecular formula is C21H21FN6O5S. The van der Waals surface area contributed by atoms with Crippen molar-refractivity contribution in [3.63, 3.8) is 0 Å². The van der Waals surface area contributed by atoms with Crippen molar-refractivity contribution >= 4 is 44.8 Å².